The van der Waals surface area contributed by atoms with E-state index in [9.17, 15) is 19.5 Å². The fourth-order valence-electron chi connectivity index (χ4n) is 3.50. The van der Waals surface area contributed by atoms with Gasteiger partial charge in [-0.05, 0) is 56.2 Å². The van der Waals surface area contributed by atoms with Crippen LogP contribution in [-0.2, 0) is 21.5 Å². The second kappa shape index (κ2) is 10.6. The molecule has 2 N–H and O–H groups in total. The molecule has 0 fully saturated rings. The number of hydrogen-bond acceptors (Lipinski definition) is 5. The van der Waals surface area contributed by atoms with Gasteiger partial charge in [-0.15, -0.1) is 11.3 Å². The number of anilines is 1. The van der Waals surface area contributed by atoms with Crippen molar-refractivity contribution in [2.45, 2.75) is 39.7 Å². The Morgan fingerprint density at radius 3 is 2.26 bits per heavy atom. The number of halogens is 1. The maximum Gasteiger partial charge on any atom is 0.349 e. The van der Waals surface area contributed by atoms with Crippen LogP contribution in [0, 0.1) is 0 Å². The predicted molar refractivity (Wildman–Crippen MR) is 140 cm³/mol. The van der Waals surface area contributed by atoms with Gasteiger partial charge in [0.05, 0.1) is 15.9 Å². The normalized spacial score (nSPS) is 11.2. The molecule has 0 unspecified atom stereocenters. The Morgan fingerprint density at radius 1 is 1.06 bits per heavy atom. The molecule has 2 aromatic carbocycles. The molecule has 0 atom stereocenters. The SMILES string of the molecule is CC(=O)N(Cc1cccc(-c2sc(C(=O)O)c(OCC(=O)O)c2Br)c1)c1ccc(C(C)(C)C)cc1. The van der Waals surface area contributed by atoms with E-state index in [1.54, 1.807) is 4.90 Å². The zero-order valence-corrected chi connectivity index (χ0v) is 22.2. The predicted octanol–water partition coefficient (Wildman–Crippen LogP) is 6.19. The topological polar surface area (TPSA) is 104 Å². The number of nitrogens with zero attached hydrogens (tertiary/aromatic N) is 1. The third-order valence-electron chi connectivity index (χ3n) is 5.30. The van der Waals surface area contributed by atoms with Crippen molar-refractivity contribution in [3.8, 4) is 16.2 Å². The Balaban J connectivity index is 1.93. The standard InChI is InChI=1S/C26H26BrNO6S/c1-15(29)28(19-10-8-18(9-11-19)26(2,3)4)13-16-6-5-7-17(12-16)23-21(27)22(34-14-20(30)31)24(35-23)25(32)33/h5-12H,13-14H2,1-4H3,(H,30,31)(H,32,33). The minimum atomic E-state index is -1.21. The minimum absolute atomic E-state index is 0.00382. The molecule has 7 nitrogen and oxygen atoms in total. The molecule has 35 heavy (non-hydrogen) atoms. The first-order valence-electron chi connectivity index (χ1n) is 10.8. The number of aromatic carboxylic acids is 1. The van der Waals surface area contributed by atoms with Crippen LogP contribution < -0.4 is 9.64 Å². The number of carbonyl (C=O) groups excluding carboxylic acids is 1. The Kier molecular flexibility index (Phi) is 8.02. The third-order valence-corrected chi connectivity index (χ3v) is 7.53. The highest BCUT2D eigenvalue weighted by molar-refractivity contribution is 9.10. The number of carbonyl (C=O) groups is 3. The van der Waals surface area contributed by atoms with Crippen LogP contribution in [0.4, 0.5) is 5.69 Å². The molecule has 3 aromatic rings. The number of aliphatic carboxylic acids is 1. The molecular formula is C26H26BrNO6S. The minimum Gasteiger partial charge on any atom is -0.479 e. The Morgan fingerprint density at radius 2 is 1.71 bits per heavy atom. The van der Waals surface area contributed by atoms with Crippen molar-refractivity contribution >= 4 is 50.8 Å². The van der Waals surface area contributed by atoms with Gasteiger partial charge in [0, 0.05) is 12.6 Å². The van der Waals surface area contributed by atoms with E-state index in [0.29, 0.717) is 15.9 Å². The van der Waals surface area contributed by atoms with Gasteiger partial charge in [-0.2, -0.15) is 0 Å². The highest BCUT2D eigenvalue weighted by Gasteiger charge is 2.25. The zero-order valence-electron chi connectivity index (χ0n) is 19.8. The quantitative estimate of drug-likeness (QED) is 0.341. The van der Waals surface area contributed by atoms with Gasteiger partial charge in [0.2, 0.25) is 5.91 Å². The average Bonchev–Trinajstić information content (AvgIpc) is 3.12. The molecule has 9 heteroatoms. The Labute approximate surface area is 216 Å². The molecule has 0 aliphatic heterocycles. The summed E-state index contributed by atoms with van der Waals surface area (Å²) in [5.74, 6) is -2.54. The lowest BCUT2D eigenvalue weighted by Gasteiger charge is -2.24. The van der Waals surface area contributed by atoms with Crippen molar-refractivity contribution in [2.24, 2.45) is 0 Å². The molecule has 0 saturated carbocycles. The van der Waals surface area contributed by atoms with Gasteiger partial charge in [0.25, 0.3) is 0 Å². The molecule has 0 saturated heterocycles. The highest BCUT2D eigenvalue weighted by Crippen LogP contribution is 2.45. The summed E-state index contributed by atoms with van der Waals surface area (Å²) in [6.45, 7) is 7.58. The second-order valence-electron chi connectivity index (χ2n) is 8.99. The fourth-order valence-corrected chi connectivity index (χ4v) is 5.39. The number of carboxylic acid groups (broad SMARTS) is 2. The van der Waals surface area contributed by atoms with Crippen LogP contribution in [0.25, 0.3) is 10.4 Å². The van der Waals surface area contributed by atoms with Crippen LogP contribution in [0.5, 0.6) is 5.75 Å². The monoisotopic (exact) mass is 559 g/mol. The van der Waals surface area contributed by atoms with E-state index in [2.05, 4.69) is 36.7 Å². The van der Waals surface area contributed by atoms with Gasteiger partial charge in [0.15, 0.2) is 17.2 Å². The fraction of sp³-hybridized carbons (Fsp3) is 0.269. The van der Waals surface area contributed by atoms with Gasteiger partial charge >= 0.3 is 11.9 Å². The molecule has 184 valence electrons. The molecule has 1 heterocycles. The molecule has 0 spiro atoms. The van der Waals surface area contributed by atoms with Crippen LogP contribution in [-0.4, -0.2) is 34.7 Å². The summed E-state index contributed by atoms with van der Waals surface area (Å²) in [5.41, 5.74) is 3.53. The van der Waals surface area contributed by atoms with Crippen molar-refractivity contribution in [3.63, 3.8) is 0 Å². The van der Waals surface area contributed by atoms with E-state index in [4.69, 9.17) is 9.84 Å². The van der Waals surface area contributed by atoms with Crippen molar-refractivity contribution in [1.82, 2.24) is 0 Å². The first-order valence-corrected chi connectivity index (χ1v) is 12.4. The molecule has 1 amide bonds. The lowest BCUT2D eigenvalue weighted by atomic mass is 9.87. The van der Waals surface area contributed by atoms with Crippen molar-refractivity contribution in [3.05, 3.63) is 69.0 Å². The first-order chi connectivity index (χ1) is 16.4. The molecule has 0 bridgehead atoms. The third kappa shape index (κ3) is 6.29. The zero-order chi connectivity index (χ0) is 25.9. The van der Waals surface area contributed by atoms with Gasteiger partial charge in [-0.1, -0.05) is 51.1 Å². The van der Waals surface area contributed by atoms with E-state index in [0.717, 1.165) is 28.2 Å². The van der Waals surface area contributed by atoms with Crippen LogP contribution >= 0.6 is 27.3 Å². The molecular weight excluding hydrogens is 534 g/mol. The summed E-state index contributed by atoms with van der Waals surface area (Å²) in [6, 6.07) is 15.3. The van der Waals surface area contributed by atoms with Gasteiger partial charge < -0.3 is 19.8 Å². The van der Waals surface area contributed by atoms with Crippen LogP contribution in [0.15, 0.2) is 53.0 Å². The van der Waals surface area contributed by atoms with E-state index in [1.165, 1.54) is 12.5 Å². The Hall–Kier alpha value is -3.17. The van der Waals surface area contributed by atoms with Gasteiger partial charge in [-0.25, -0.2) is 9.59 Å². The number of amides is 1. The lowest BCUT2D eigenvalue weighted by Crippen LogP contribution is -2.27. The molecule has 0 aliphatic carbocycles. The number of thiophene rings is 1. The number of hydrogen-bond donors (Lipinski definition) is 2. The van der Waals surface area contributed by atoms with Crippen molar-refractivity contribution in [1.29, 1.82) is 0 Å². The number of carboxylic acids is 2. The number of rotatable bonds is 8. The molecule has 3 rings (SSSR count). The van der Waals surface area contributed by atoms with Crippen molar-refractivity contribution < 1.29 is 29.3 Å². The van der Waals surface area contributed by atoms with E-state index in [-0.39, 0.29) is 21.9 Å². The van der Waals surface area contributed by atoms with E-state index in [1.807, 2.05) is 48.5 Å². The van der Waals surface area contributed by atoms with Crippen LogP contribution in [0.1, 0.15) is 48.5 Å². The molecule has 1 aromatic heterocycles. The summed E-state index contributed by atoms with van der Waals surface area (Å²) in [6.07, 6.45) is 0. The van der Waals surface area contributed by atoms with E-state index < -0.39 is 18.5 Å². The van der Waals surface area contributed by atoms with Gasteiger partial charge in [0.1, 0.15) is 0 Å². The summed E-state index contributed by atoms with van der Waals surface area (Å²) in [4.78, 5) is 37.3. The van der Waals surface area contributed by atoms with Crippen LogP contribution in [0.3, 0.4) is 0 Å². The molecule has 0 aliphatic rings. The summed E-state index contributed by atoms with van der Waals surface area (Å²) in [7, 11) is 0. The summed E-state index contributed by atoms with van der Waals surface area (Å²) < 4.78 is 5.62. The smallest absolute Gasteiger partial charge is 0.349 e. The van der Waals surface area contributed by atoms with Crippen LogP contribution in [0.2, 0.25) is 0 Å². The number of benzene rings is 2. The highest BCUT2D eigenvalue weighted by atomic mass is 79.9. The summed E-state index contributed by atoms with van der Waals surface area (Å²) in [5, 5.41) is 18.5. The summed E-state index contributed by atoms with van der Waals surface area (Å²) >= 11 is 4.37. The molecule has 0 radical (unpaired) electrons. The van der Waals surface area contributed by atoms with E-state index >= 15 is 0 Å². The van der Waals surface area contributed by atoms with Gasteiger partial charge in [-0.3, -0.25) is 4.79 Å². The maximum atomic E-state index is 12.5. The average molecular weight is 560 g/mol. The second-order valence-corrected chi connectivity index (χ2v) is 10.8. The Bertz CT molecular complexity index is 1260. The number of ether oxygens (including phenoxy) is 1. The van der Waals surface area contributed by atoms with Crippen molar-refractivity contribution in [2.75, 3.05) is 11.5 Å². The maximum absolute atomic E-state index is 12.5. The first kappa shape index (κ1) is 26.4. The largest absolute Gasteiger partial charge is 0.479 e. The lowest BCUT2D eigenvalue weighted by molar-refractivity contribution is -0.139.